The van der Waals surface area contributed by atoms with Gasteiger partial charge in [0, 0.05) is 12.2 Å². The van der Waals surface area contributed by atoms with Gasteiger partial charge in [0.2, 0.25) is 0 Å². The summed E-state index contributed by atoms with van der Waals surface area (Å²) in [5, 5.41) is 13.6. The van der Waals surface area contributed by atoms with Crippen molar-refractivity contribution in [2.24, 2.45) is 0 Å². The molecule has 0 radical (unpaired) electrons. The molecule has 0 heterocycles. The van der Waals surface area contributed by atoms with Gasteiger partial charge in [0.1, 0.15) is 19.3 Å². The first-order chi connectivity index (χ1) is 18.5. The van der Waals surface area contributed by atoms with E-state index in [4.69, 9.17) is 9.47 Å². The SMILES string of the molecule is O=S(=O)(Nc1ccc(CCNCC(O)COc2ccccc2OCc2ccccc2)cc1)c1ccccc1. The third kappa shape index (κ3) is 8.34. The van der Waals surface area contributed by atoms with Crippen LogP contribution in [-0.4, -0.2) is 39.3 Å². The van der Waals surface area contributed by atoms with Gasteiger partial charge in [0.15, 0.2) is 11.5 Å². The summed E-state index contributed by atoms with van der Waals surface area (Å²) in [6, 6.07) is 32.9. The first-order valence-corrected chi connectivity index (χ1v) is 13.9. The van der Waals surface area contributed by atoms with E-state index in [0.717, 1.165) is 17.5 Å². The van der Waals surface area contributed by atoms with E-state index in [-0.39, 0.29) is 11.5 Å². The molecule has 0 saturated heterocycles. The molecule has 0 aliphatic rings. The lowest BCUT2D eigenvalue weighted by Crippen LogP contribution is -2.32. The number of aliphatic hydroxyl groups is 1. The predicted molar refractivity (Wildman–Crippen MR) is 149 cm³/mol. The molecular formula is C30H32N2O5S. The Kier molecular flexibility index (Phi) is 9.75. The molecular weight excluding hydrogens is 500 g/mol. The smallest absolute Gasteiger partial charge is 0.261 e. The normalized spacial score (nSPS) is 12.0. The molecule has 0 aromatic heterocycles. The second-order valence-electron chi connectivity index (χ2n) is 8.76. The third-order valence-corrected chi connectivity index (χ3v) is 7.14. The van der Waals surface area contributed by atoms with Gasteiger partial charge in [-0.25, -0.2) is 8.42 Å². The summed E-state index contributed by atoms with van der Waals surface area (Å²) in [6.07, 6.45) is 0.0436. The van der Waals surface area contributed by atoms with Crippen LogP contribution in [0.1, 0.15) is 11.1 Å². The highest BCUT2D eigenvalue weighted by Crippen LogP contribution is 2.27. The zero-order valence-corrected chi connectivity index (χ0v) is 21.8. The number of nitrogens with one attached hydrogen (secondary N) is 2. The first-order valence-electron chi connectivity index (χ1n) is 12.4. The van der Waals surface area contributed by atoms with Crippen LogP contribution in [0.4, 0.5) is 5.69 Å². The van der Waals surface area contributed by atoms with Crippen LogP contribution in [-0.2, 0) is 23.1 Å². The van der Waals surface area contributed by atoms with Crippen molar-refractivity contribution in [3.63, 3.8) is 0 Å². The molecule has 0 aliphatic heterocycles. The molecule has 1 unspecified atom stereocenters. The molecule has 8 heteroatoms. The zero-order valence-electron chi connectivity index (χ0n) is 21.0. The van der Waals surface area contributed by atoms with Gasteiger partial charge in [-0.1, -0.05) is 72.8 Å². The number of benzene rings is 4. The van der Waals surface area contributed by atoms with E-state index in [1.54, 1.807) is 42.5 Å². The van der Waals surface area contributed by atoms with Gasteiger partial charge in [0.25, 0.3) is 10.0 Å². The summed E-state index contributed by atoms with van der Waals surface area (Å²) in [5.41, 5.74) is 2.62. The predicted octanol–water partition coefficient (Wildman–Crippen LogP) is 4.64. The van der Waals surface area contributed by atoms with E-state index in [2.05, 4.69) is 10.0 Å². The molecule has 0 fully saturated rings. The summed E-state index contributed by atoms with van der Waals surface area (Å²) in [6.45, 7) is 1.60. The van der Waals surface area contributed by atoms with Gasteiger partial charge in [0.05, 0.1) is 4.90 Å². The maximum Gasteiger partial charge on any atom is 0.261 e. The van der Waals surface area contributed by atoms with Gasteiger partial charge < -0.3 is 19.9 Å². The highest BCUT2D eigenvalue weighted by molar-refractivity contribution is 7.92. The van der Waals surface area contributed by atoms with E-state index in [1.807, 2.05) is 66.7 Å². The van der Waals surface area contributed by atoms with Crippen LogP contribution in [0, 0.1) is 0 Å². The van der Waals surface area contributed by atoms with Crippen molar-refractivity contribution in [2.75, 3.05) is 24.4 Å². The summed E-state index contributed by atoms with van der Waals surface area (Å²) in [4.78, 5) is 0.221. The molecule has 0 aliphatic carbocycles. The lowest BCUT2D eigenvalue weighted by Gasteiger charge is -2.16. The molecule has 4 aromatic rings. The van der Waals surface area contributed by atoms with Crippen LogP contribution in [0.15, 0.2) is 114 Å². The molecule has 0 spiro atoms. The maximum absolute atomic E-state index is 12.5. The summed E-state index contributed by atoms with van der Waals surface area (Å²) >= 11 is 0. The van der Waals surface area contributed by atoms with Crippen molar-refractivity contribution in [1.29, 1.82) is 0 Å². The molecule has 0 saturated carbocycles. The average molecular weight is 533 g/mol. The summed E-state index contributed by atoms with van der Waals surface area (Å²) in [7, 11) is -3.61. The van der Waals surface area contributed by atoms with Gasteiger partial charge >= 0.3 is 0 Å². The van der Waals surface area contributed by atoms with Gasteiger partial charge in [-0.3, -0.25) is 4.72 Å². The third-order valence-electron chi connectivity index (χ3n) is 5.75. The summed E-state index contributed by atoms with van der Waals surface area (Å²) < 4.78 is 39.2. The van der Waals surface area contributed by atoms with E-state index in [0.29, 0.717) is 36.9 Å². The molecule has 1 atom stereocenters. The monoisotopic (exact) mass is 532 g/mol. The van der Waals surface area contributed by atoms with Crippen molar-refractivity contribution in [2.45, 2.75) is 24.0 Å². The fourth-order valence-electron chi connectivity index (χ4n) is 3.72. The average Bonchev–Trinajstić information content (AvgIpc) is 2.95. The molecule has 198 valence electrons. The van der Waals surface area contributed by atoms with Crippen LogP contribution in [0.2, 0.25) is 0 Å². The number of sulfonamides is 1. The van der Waals surface area contributed by atoms with Gasteiger partial charge in [-0.2, -0.15) is 0 Å². The van der Waals surface area contributed by atoms with Crippen molar-refractivity contribution < 1.29 is 23.0 Å². The number of para-hydroxylation sites is 2. The quantitative estimate of drug-likeness (QED) is 0.205. The maximum atomic E-state index is 12.5. The number of hydrogen-bond donors (Lipinski definition) is 3. The van der Waals surface area contributed by atoms with Crippen LogP contribution in [0.25, 0.3) is 0 Å². The molecule has 38 heavy (non-hydrogen) atoms. The Morgan fingerprint density at radius 2 is 1.32 bits per heavy atom. The van der Waals surface area contributed by atoms with E-state index in [9.17, 15) is 13.5 Å². The standard InChI is InChI=1S/C30H32N2O5S/c33-27(23-37-30-14-8-7-13-29(30)36-22-25-9-3-1-4-10-25)21-31-20-19-24-15-17-26(18-16-24)32-38(34,35)28-11-5-2-6-12-28/h1-18,27,31-33H,19-23H2. The number of anilines is 1. The second-order valence-corrected chi connectivity index (χ2v) is 10.4. The number of hydrogen-bond acceptors (Lipinski definition) is 6. The van der Waals surface area contributed by atoms with Crippen molar-refractivity contribution in [1.82, 2.24) is 5.32 Å². The largest absolute Gasteiger partial charge is 0.487 e. The Hall–Kier alpha value is -3.85. The molecule has 0 amide bonds. The number of aliphatic hydroxyl groups excluding tert-OH is 1. The van der Waals surface area contributed by atoms with Crippen molar-refractivity contribution >= 4 is 15.7 Å². The highest BCUT2D eigenvalue weighted by atomic mass is 32.2. The topological polar surface area (TPSA) is 96.9 Å². The van der Waals surface area contributed by atoms with Crippen LogP contribution < -0.4 is 19.5 Å². The zero-order chi connectivity index (χ0) is 26.6. The van der Waals surface area contributed by atoms with E-state index < -0.39 is 16.1 Å². The lowest BCUT2D eigenvalue weighted by atomic mass is 10.1. The van der Waals surface area contributed by atoms with Crippen LogP contribution in [0.3, 0.4) is 0 Å². The Balaban J connectivity index is 1.16. The Morgan fingerprint density at radius 3 is 2.00 bits per heavy atom. The molecule has 4 aromatic carbocycles. The van der Waals surface area contributed by atoms with Gasteiger partial charge in [-0.05, 0) is 60.5 Å². The molecule has 4 rings (SSSR count). The Morgan fingerprint density at radius 1 is 0.711 bits per heavy atom. The molecule has 7 nitrogen and oxygen atoms in total. The molecule has 3 N–H and O–H groups in total. The highest BCUT2D eigenvalue weighted by Gasteiger charge is 2.13. The second kappa shape index (κ2) is 13.6. The first kappa shape index (κ1) is 27.2. The minimum atomic E-state index is -3.61. The Labute approximate surface area is 224 Å². The van der Waals surface area contributed by atoms with E-state index in [1.165, 1.54) is 0 Å². The minimum absolute atomic E-state index is 0.134. The lowest BCUT2D eigenvalue weighted by molar-refractivity contribution is 0.104. The Bertz CT molecular complexity index is 1360. The van der Waals surface area contributed by atoms with Crippen LogP contribution >= 0.6 is 0 Å². The molecule has 0 bridgehead atoms. The number of rotatable bonds is 14. The fourth-order valence-corrected chi connectivity index (χ4v) is 4.80. The number of ether oxygens (including phenoxy) is 2. The summed E-state index contributed by atoms with van der Waals surface area (Å²) in [5.74, 6) is 1.22. The van der Waals surface area contributed by atoms with Gasteiger partial charge in [-0.15, -0.1) is 0 Å². The fraction of sp³-hybridized carbons (Fsp3) is 0.200. The van der Waals surface area contributed by atoms with Crippen LogP contribution in [0.5, 0.6) is 11.5 Å². The van der Waals surface area contributed by atoms with E-state index >= 15 is 0 Å². The van der Waals surface area contributed by atoms with Crippen molar-refractivity contribution in [3.8, 4) is 11.5 Å². The minimum Gasteiger partial charge on any atom is -0.487 e. The van der Waals surface area contributed by atoms with Crippen molar-refractivity contribution in [3.05, 3.63) is 120 Å².